The van der Waals surface area contributed by atoms with E-state index in [4.69, 9.17) is 4.74 Å². The van der Waals surface area contributed by atoms with E-state index in [1.165, 1.54) is 0 Å². The zero-order valence-electron chi connectivity index (χ0n) is 7.46. The molecule has 0 bridgehead atoms. The van der Waals surface area contributed by atoms with Gasteiger partial charge in [-0.3, -0.25) is 0 Å². The zero-order valence-corrected chi connectivity index (χ0v) is 9.17. The Kier molecular flexibility index (Phi) is 3.01. The topological polar surface area (TPSA) is 26.3 Å². The summed E-state index contributed by atoms with van der Waals surface area (Å²) < 4.78 is 17.2. The van der Waals surface area contributed by atoms with Crippen LogP contribution in [-0.4, -0.2) is 20.9 Å². The van der Waals surface area contributed by atoms with E-state index in [2.05, 4.69) is 0 Å². The van der Waals surface area contributed by atoms with Gasteiger partial charge in [-0.05, 0) is 0 Å². The molecule has 0 heterocycles. The third kappa shape index (κ3) is 1.93. The van der Waals surface area contributed by atoms with Gasteiger partial charge in [0.15, 0.2) is 0 Å². The molecule has 1 unspecified atom stereocenters. The van der Waals surface area contributed by atoms with Gasteiger partial charge in [0.25, 0.3) is 0 Å². The summed E-state index contributed by atoms with van der Waals surface area (Å²) in [6, 6.07) is 5.69. The monoisotopic (exact) mass is 232 g/mol. The molecule has 12 heavy (non-hydrogen) atoms. The third-order valence-corrected chi connectivity index (χ3v) is 3.64. The molecule has 0 saturated heterocycles. The van der Waals surface area contributed by atoms with Crippen LogP contribution in [0.25, 0.3) is 0 Å². The number of benzene rings is 1. The second-order valence-electron chi connectivity index (χ2n) is 2.59. The maximum atomic E-state index is 11.2. The van der Waals surface area contributed by atoms with Gasteiger partial charge in [0.2, 0.25) is 0 Å². The molecule has 1 rings (SSSR count). The van der Waals surface area contributed by atoms with Gasteiger partial charge in [0.05, 0.1) is 0 Å². The van der Waals surface area contributed by atoms with Gasteiger partial charge >= 0.3 is 76.2 Å². The summed E-state index contributed by atoms with van der Waals surface area (Å²) in [5, 5.41) is 0. The van der Waals surface area contributed by atoms with Gasteiger partial charge in [-0.1, -0.05) is 0 Å². The van der Waals surface area contributed by atoms with Crippen LogP contribution in [0, 0.1) is 6.92 Å². The normalized spacial score (nSPS) is 12.6. The van der Waals surface area contributed by atoms with Crippen molar-refractivity contribution >= 4 is 18.3 Å². The Morgan fingerprint density at radius 3 is 2.58 bits per heavy atom. The molecule has 0 amide bonds. The van der Waals surface area contributed by atoms with E-state index in [0.29, 0.717) is 0 Å². The van der Waals surface area contributed by atoms with Gasteiger partial charge in [0, 0.05) is 0 Å². The Morgan fingerprint density at radius 1 is 1.42 bits per heavy atom. The molecule has 0 fully saturated rings. The van der Waals surface area contributed by atoms with Gasteiger partial charge < -0.3 is 0 Å². The van der Waals surface area contributed by atoms with Crippen LogP contribution < -0.4 is 9.20 Å². The Balaban J connectivity index is 3.13. The summed E-state index contributed by atoms with van der Waals surface area (Å²) in [6.07, 6.45) is 0. The first-order valence-corrected chi connectivity index (χ1v) is 6.90. The number of methoxy groups -OCH3 is 1. The number of ether oxygens (including phenoxy) is 1. The molecule has 0 radical (unpaired) electrons. The van der Waals surface area contributed by atoms with Crippen LogP contribution >= 0.6 is 0 Å². The molecular weight excluding hydrogens is 219 g/mol. The number of rotatable bonds is 2. The van der Waals surface area contributed by atoms with Crippen LogP contribution in [-0.2, 0) is 3.83 Å². The van der Waals surface area contributed by atoms with E-state index in [1.54, 1.807) is 12.9 Å². The van der Waals surface area contributed by atoms with Crippen molar-refractivity contribution in [3.8, 4) is 5.75 Å². The van der Waals surface area contributed by atoms with Crippen LogP contribution in [0.2, 0.25) is 5.82 Å². The molecule has 0 saturated carbocycles. The van der Waals surface area contributed by atoms with Crippen LogP contribution in [0.5, 0.6) is 5.75 Å². The first-order valence-electron chi connectivity index (χ1n) is 3.63. The molecule has 0 aliphatic heterocycles. The quantitative estimate of drug-likeness (QED) is 0.716. The predicted octanol–water partition coefficient (Wildman–Crippen LogP) is 1.26. The number of hydrogen-bond donors (Lipinski definition) is 0. The fourth-order valence-corrected chi connectivity index (χ4v) is 2.10. The molecule has 0 aromatic heterocycles. The molecule has 0 aliphatic carbocycles. The number of aryl methyl sites for hydroxylation is 1. The van der Waals surface area contributed by atoms with Crippen molar-refractivity contribution in [2.24, 2.45) is 0 Å². The SMILES string of the molecule is COc1cc([Se](C)=O)ccc1C. The summed E-state index contributed by atoms with van der Waals surface area (Å²) in [4.78, 5) is 0. The van der Waals surface area contributed by atoms with Crippen molar-refractivity contribution in [1.82, 2.24) is 0 Å². The van der Waals surface area contributed by atoms with Crippen molar-refractivity contribution in [1.29, 1.82) is 0 Å². The third-order valence-electron chi connectivity index (χ3n) is 1.71. The molecule has 1 aromatic carbocycles. The summed E-state index contributed by atoms with van der Waals surface area (Å²) in [5.74, 6) is 2.57. The molecule has 1 atom stereocenters. The van der Waals surface area contributed by atoms with Gasteiger partial charge in [-0.15, -0.1) is 0 Å². The molecule has 1 aromatic rings. The van der Waals surface area contributed by atoms with Crippen molar-refractivity contribution in [3.63, 3.8) is 0 Å². The summed E-state index contributed by atoms with van der Waals surface area (Å²) in [5.41, 5.74) is 1.08. The van der Waals surface area contributed by atoms with Gasteiger partial charge in [0.1, 0.15) is 0 Å². The Morgan fingerprint density at radius 2 is 2.08 bits per heavy atom. The van der Waals surface area contributed by atoms with Crippen molar-refractivity contribution in [2.45, 2.75) is 12.7 Å². The minimum atomic E-state index is -1.80. The molecule has 0 aliphatic rings. The second kappa shape index (κ2) is 3.83. The average Bonchev–Trinajstić information content (AvgIpc) is 2.05. The van der Waals surface area contributed by atoms with Crippen molar-refractivity contribution in [3.05, 3.63) is 23.8 Å². The predicted molar refractivity (Wildman–Crippen MR) is 49.7 cm³/mol. The average molecular weight is 231 g/mol. The van der Waals surface area contributed by atoms with Crippen LogP contribution in [0.3, 0.4) is 0 Å². The molecule has 0 N–H and O–H groups in total. The standard InChI is InChI=1S/C9H12O2Se/c1-7-4-5-8(12(3)10)6-9(7)11-2/h4-6H,1-3H3. The molecule has 66 valence electrons. The van der Waals surface area contributed by atoms with E-state index >= 15 is 0 Å². The van der Waals surface area contributed by atoms with Crippen LogP contribution in [0.4, 0.5) is 0 Å². The van der Waals surface area contributed by atoms with Gasteiger partial charge in [-0.25, -0.2) is 0 Å². The van der Waals surface area contributed by atoms with E-state index in [1.807, 2.05) is 25.1 Å². The van der Waals surface area contributed by atoms with Gasteiger partial charge in [-0.2, -0.15) is 0 Å². The first-order chi connectivity index (χ1) is 5.65. The molecule has 0 spiro atoms. The Bertz CT molecular complexity index is 307. The minimum absolute atomic E-state index is 0.818. The molecular formula is C9H12O2Se. The van der Waals surface area contributed by atoms with Crippen molar-refractivity contribution < 1.29 is 8.57 Å². The maximum absolute atomic E-state index is 11.2. The molecule has 3 heteroatoms. The summed E-state index contributed by atoms with van der Waals surface area (Å²) >= 11 is -1.80. The first kappa shape index (κ1) is 9.43. The van der Waals surface area contributed by atoms with Crippen LogP contribution in [0.15, 0.2) is 18.2 Å². The van der Waals surface area contributed by atoms with E-state index in [9.17, 15) is 3.83 Å². The van der Waals surface area contributed by atoms with E-state index in [0.717, 1.165) is 15.8 Å². The zero-order chi connectivity index (χ0) is 9.14. The van der Waals surface area contributed by atoms with E-state index in [-0.39, 0.29) is 0 Å². The van der Waals surface area contributed by atoms with E-state index < -0.39 is 13.8 Å². The second-order valence-corrected chi connectivity index (χ2v) is 5.48. The fourth-order valence-electron chi connectivity index (χ4n) is 0.979. The van der Waals surface area contributed by atoms with Crippen molar-refractivity contribution in [2.75, 3.05) is 7.11 Å². The number of hydrogen-bond acceptors (Lipinski definition) is 2. The Hall–Kier alpha value is -0.661. The molecule has 2 nitrogen and oxygen atoms in total. The Labute approximate surface area is 76.6 Å². The van der Waals surface area contributed by atoms with Crippen LogP contribution in [0.1, 0.15) is 5.56 Å². The summed E-state index contributed by atoms with van der Waals surface area (Å²) in [6.45, 7) is 1.97. The summed E-state index contributed by atoms with van der Waals surface area (Å²) in [7, 11) is 1.63. The fraction of sp³-hybridized carbons (Fsp3) is 0.333.